The maximum Gasteiger partial charge on any atom is 0.418 e. The van der Waals surface area contributed by atoms with Crippen molar-refractivity contribution in [1.29, 1.82) is 0 Å². The van der Waals surface area contributed by atoms with Crippen LogP contribution < -0.4 is 5.63 Å². The lowest BCUT2D eigenvalue weighted by Gasteiger charge is -2.10. The third kappa shape index (κ3) is 3.18. The van der Waals surface area contributed by atoms with Gasteiger partial charge in [0, 0.05) is 12.3 Å². The topological polar surface area (TPSA) is 73.8 Å². The molecule has 3 aromatic heterocycles. The molecule has 0 atom stereocenters. The molecule has 0 spiro atoms. The van der Waals surface area contributed by atoms with Gasteiger partial charge in [0.15, 0.2) is 5.82 Å². The van der Waals surface area contributed by atoms with Crippen LogP contribution in [0.25, 0.3) is 28.3 Å². The normalized spacial score (nSPS) is 11.9. The Hall–Kier alpha value is -2.72. The average Bonchev–Trinajstić information content (AvgIpc) is 3.02. The van der Waals surface area contributed by atoms with Crippen LogP contribution in [0.1, 0.15) is 5.56 Å². The molecule has 0 aliphatic rings. The predicted molar refractivity (Wildman–Crippen MR) is 98.3 cm³/mol. The summed E-state index contributed by atoms with van der Waals surface area (Å²) in [6, 6.07) is 7.79. The Kier molecular flexibility index (Phi) is 4.47. The maximum absolute atomic E-state index is 13.4. The summed E-state index contributed by atoms with van der Waals surface area (Å²) in [5, 5.41) is 4.12. The molecule has 0 saturated carbocycles. The molecule has 142 valence electrons. The third-order valence-corrected chi connectivity index (χ3v) is 4.48. The number of halogens is 5. The number of nitrogens with zero attached hydrogens (tertiary/aromatic N) is 4. The van der Waals surface area contributed by atoms with Gasteiger partial charge < -0.3 is 4.42 Å². The fraction of sp³-hybridized carbons (Fsp3) is 0.0588. The third-order valence-electron chi connectivity index (χ3n) is 3.80. The highest BCUT2D eigenvalue weighted by Crippen LogP contribution is 2.34. The monoisotopic (exact) mass is 470 g/mol. The Morgan fingerprint density at radius 3 is 2.68 bits per heavy atom. The molecule has 0 amide bonds. The molecule has 28 heavy (non-hydrogen) atoms. The van der Waals surface area contributed by atoms with Crippen molar-refractivity contribution in [2.24, 2.45) is 0 Å². The van der Waals surface area contributed by atoms with E-state index < -0.39 is 22.9 Å². The number of alkyl halides is 3. The molecule has 0 unspecified atom stereocenters. The minimum Gasteiger partial charge on any atom is -0.401 e. The minimum absolute atomic E-state index is 0.100. The van der Waals surface area contributed by atoms with Gasteiger partial charge in [-0.3, -0.25) is 0 Å². The fourth-order valence-corrected chi connectivity index (χ4v) is 3.21. The zero-order valence-electron chi connectivity index (χ0n) is 13.5. The zero-order valence-corrected chi connectivity index (χ0v) is 15.9. The first-order valence-electron chi connectivity index (χ1n) is 7.63. The lowest BCUT2D eigenvalue weighted by atomic mass is 10.1. The molecule has 4 rings (SSSR count). The second-order valence-corrected chi connectivity index (χ2v) is 6.80. The number of pyridine rings is 1. The van der Waals surface area contributed by atoms with Gasteiger partial charge in [-0.05, 0) is 40.2 Å². The van der Waals surface area contributed by atoms with E-state index in [2.05, 4.69) is 31.0 Å². The van der Waals surface area contributed by atoms with Crippen LogP contribution in [0.2, 0.25) is 5.02 Å². The predicted octanol–water partition coefficient (Wildman–Crippen LogP) is 4.87. The smallest absolute Gasteiger partial charge is 0.401 e. The van der Waals surface area contributed by atoms with Crippen molar-refractivity contribution in [2.75, 3.05) is 0 Å². The van der Waals surface area contributed by atoms with E-state index in [1.165, 1.54) is 23.0 Å². The zero-order chi connectivity index (χ0) is 20.1. The van der Waals surface area contributed by atoms with E-state index in [0.717, 1.165) is 12.1 Å². The van der Waals surface area contributed by atoms with Gasteiger partial charge in [-0.2, -0.15) is 18.3 Å². The SMILES string of the molecule is O=c1oc(-c2cc(Br)nn2-c2ncccc2Cl)nc2c(C(F)(F)F)cccc12. The summed E-state index contributed by atoms with van der Waals surface area (Å²) in [6.07, 6.45) is -3.23. The molecule has 4 aromatic rings. The largest absolute Gasteiger partial charge is 0.418 e. The Labute approximate surface area is 167 Å². The van der Waals surface area contributed by atoms with E-state index in [1.807, 2.05) is 0 Å². The molecular weight excluding hydrogens is 465 g/mol. The van der Waals surface area contributed by atoms with Crippen molar-refractivity contribution in [3.8, 4) is 17.4 Å². The van der Waals surface area contributed by atoms with Crippen molar-refractivity contribution >= 4 is 38.4 Å². The van der Waals surface area contributed by atoms with E-state index in [1.54, 1.807) is 12.1 Å². The van der Waals surface area contributed by atoms with Gasteiger partial charge in [-0.15, -0.1) is 0 Å². The van der Waals surface area contributed by atoms with Crippen molar-refractivity contribution < 1.29 is 17.6 Å². The number of hydrogen-bond donors (Lipinski definition) is 0. The van der Waals surface area contributed by atoms with Crippen molar-refractivity contribution in [2.45, 2.75) is 6.18 Å². The highest BCUT2D eigenvalue weighted by molar-refractivity contribution is 9.10. The van der Waals surface area contributed by atoms with Crippen LogP contribution in [0, 0.1) is 0 Å². The lowest BCUT2D eigenvalue weighted by molar-refractivity contribution is -0.136. The van der Waals surface area contributed by atoms with Crippen molar-refractivity contribution in [1.82, 2.24) is 19.7 Å². The second-order valence-electron chi connectivity index (χ2n) is 5.58. The molecule has 0 aliphatic heterocycles. The highest BCUT2D eigenvalue weighted by Gasteiger charge is 2.34. The number of fused-ring (bicyclic) bond motifs is 1. The van der Waals surface area contributed by atoms with Gasteiger partial charge >= 0.3 is 11.8 Å². The summed E-state index contributed by atoms with van der Waals surface area (Å²) in [6.45, 7) is 0. The van der Waals surface area contributed by atoms with Crippen LogP contribution in [-0.4, -0.2) is 19.7 Å². The molecule has 0 radical (unpaired) electrons. The molecule has 0 fully saturated rings. The number of aromatic nitrogens is 4. The summed E-state index contributed by atoms with van der Waals surface area (Å²) < 4.78 is 46.8. The summed E-state index contributed by atoms with van der Waals surface area (Å²) >= 11 is 9.32. The number of hydrogen-bond acceptors (Lipinski definition) is 5. The van der Waals surface area contributed by atoms with E-state index in [9.17, 15) is 18.0 Å². The summed E-state index contributed by atoms with van der Waals surface area (Å²) in [5.41, 5.74) is -2.41. The van der Waals surface area contributed by atoms with E-state index >= 15 is 0 Å². The van der Waals surface area contributed by atoms with Gasteiger partial charge in [0.05, 0.1) is 21.5 Å². The molecule has 6 nitrogen and oxygen atoms in total. The molecular formula is C17H7BrClF3N4O2. The maximum atomic E-state index is 13.4. The highest BCUT2D eigenvalue weighted by atomic mass is 79.9. The van der Waals surface area contributed by atoms with E-state index in [-0.39, 0.29) is 27.8 Å². The van der Waals surface area contributed by atoms with Gasteiger partial charge in [-0.25, -0.2) is 19.4 Å². The van der Waals surface area contributed by atoms with Gasteiger partial charge in [-0.1, -0.05) is 17.7 Å². The summed E-state index contributed by atoms with van der Waals surface area (Å²) in [7, 11) is 0. The Bertz CT molecular complexity index is 1270. The number of para-hydroxylation sites is 1. The minimum atomic E-state index is -4.69. The molecule has 1 aromatic carbocycles. The standard InChI is InChI=1S/C17H7BrClF3N4O2/c18-12-7-11(26(25-12)14-10(19)5-2-6-23-14)15-24-13-8(16(27)28-15)3-1-4-9(13)17(20,21)22/h1-7H. The Morgan fingerprint density at radius 1 is 1.18 bits per heavy atom. The first-order chi connectivity index (χ1) is 13.3. The van der Waals surface area contributed by atoms with E-state index in [4.69, 9.17) is 16.0 Å². The van der Waals surface area contributed by atoms with Crippen LogP contribution >= 0.6 is 27.5 Å². The average molecular weight is 472 g/mol. The van der Waals surface area contributed by atoms with Crippen LogP contribution in [-0.2, 0) is 6.18 Å². The quantitative estimate of drug-likeness (QED) is 0.417. The van der Waals surface area contributed by atoms with Crippen molar-refractivity contribution in [3.05, 3.63) is 68.2 Å². The lowest BCUT2D eigenvalue weighted by Crippen LogP contribution is -2.12. The Balaban J connectivity index is 2.02. The molecule has 0 bridgehead atoms. The fourth-order valence-electron chi connectivity index (χ4n) is 2.63. The van der Waals surface area contributed by atoms with Crippen molar-refractivity contribution in [3.63, 3.8) is 0 Å². The van der Waals surface area contributed by atoms with Crippen LogP contribution in [0.15, 0.2) is 56.4 Å². The van der Waals surface area contributed by atoms with Crippen LogP contribution in [0.3, 0.4) is 0 Å². The second kappa shape index (κ2) is 6.71. The molecule has 3 heterocycles. The van der Waals surface area contributed by atoms with Crippen LogP contribution in [0.5, 0.6) is 0 Å². The Morgan fingerprint density at radius 2 is 1.96 bits per heavy atom. The van der Waals surface area contributed by atoms with Gasteiger partial charge in [0.2, 0.25) is 5.89 Å². The molecule has 0 N–H and O–H groups in total. The summed E-state index contributed by atoms with van der Waals surface area (Å²) in [4.78, 5) is 20.4. The first kappa shape index (κ1) is 18.6. The molecule has 0 saturated heterocycles. The first-order valence-corrected chi connectivity index (χ1v) is 8.80. The number of benzene rings is 1. The summed E-state index contributed by atoms with van der Waals surface area (Å²) in [5.74, 6) is -0.160. The van der Waals surface area contributed by atoms with E-state index in [0.29, 0.717) is 4.60 Å². The van der Waals surface area contributed by atoms with Crippen LogP contribution in [0.4, 0.5) is 13.2 Å². The van der Waals surface area contributed by atoms with Gasteiger partial charge in [0.1, 0.15) is 10.3 Å². The van der Waals surface area contributed by atoms with Gasteiger partial charge in [0.25, 0.3) is 0 Å². The molecule has 0 aliphatic carbocycles. The number of rotatable bonds is 2. The molecule has 11 heteroatoms.